The molecule has 0 aromatic carbocycles. The fraction of sp³-hybridized carbons (Fsp3) is 0.846. The summed E-state index contributed by atoms with van der Waals surface area (Å²) in [6.45, 7) is 7.54. The molecule has 1 heterocycles. The summed E-state index contributed by atoms with van der Waals surface area (Å²) in [6.07, 6.45) is 1.32. The molecule has 0 saturated carbocycles. The summed E-state index contributed by atoms with van der Waals surface area (Å²) in [5.41, 5.74) is -0.522. The summed E-state index contributed by atoms with van der Waals surface area (Å²) in [7, 11) is 0. The van der Waals surface area contributed by atoms with Crippen molar-refractivity contribution in [1.82, 2.24) is 10.2 Å². The number of carbonyl (C=O) groups is 2. The van der Waals surface area contributed by atoms with Crippen LogP contribution < -0.4 is 5.32 Å². The quantitative estimate of drug-likeness (QED) is 0.812. The summed E-state index contributed by atoms with van der Waals surface area (Å²) in [5, 5.41) is 11.6. The van der Waals surface area contributed by atoms with Crippen molar-refractivity contribution in [3.63, 3.8) is 0 Å². The third-order valence-electron chi connectivity index (χ3n) is 3.15. The zero-order chi connectivity index (χ0) is 14.5. The first-order valence-electron chi connectivity index (χ1n) is 6.71. The van der Waals surface area contributed by atoms with Crippen molar-refractivity contribution in [2.45, 2.75) is 51.7 Å². The molecule has 0 aliphatic carbocycles. The maximum Gasteiger partial charge on any atom is 0.317 e. The fourth-order valence-electron chi connectivity index (χ4n) is 2.03. The summed E-state index contributed by atoms with van der Waals surface area (Å²) >= 11 is 0. The van der Waals surface area contributed by atoms with Crippen molar-refractivity contribution in [2.75, 3.05) is 19.7 Å². The lowest BCUT2D eigenvalue weighted by molar-refractivity contribution is -0.137. The molecule has 0 radical (unpaired) electrons. The number of carboxylic acid groups (broad SMARTS) is 1. The van der Waals surface area contributed by atoms with Crippen LogP contribution in [0.3, 0.4) is 0 Å². The molecule has 0 aromatic rings. The van der Waals surface area contributed by atoms with Crippen LogP contribution in [-0.2, 0) is 9.53 Å². The van der Waals surface area contributed by atoms with Gasteiger partial charge in [0.05, 0.1) is 6.10 Å². The van der Waals surface area contributed by atoms with E-state index in [1.54, 1.807) is 4.90 Å². The van der Waals surface area contributed by atoms with Crippen LogP contribution >= 0.6 is 0 Å². The first-order valence-corrected chi connectivity index (χ1v) is 6.71. The van der Waals surface area contributed by atoms with Gasteiger partial charge in [0.1, 0.15) is 0 Å². The van der Waals surface area contributed by atoms with Gasteiger partial charge in [-0.2, -0.15) is 0 Å². The molecule has 19 heavy (non-hydrogen) atoms. The van der Waals surface area contributed by atoms with Crippen LogP contribution in [0.4, 0.5) is 4.79 Å². The average molecular weight is 272 g/mol. The maximum absolute atomic E-state index is 12.2. The van der Waals surface area contributed by atoms with Gasteiger partial charge in [0.2, 0.25) is 0 Å². The highest BCUT2D eigenvalue weighted by molar-refractivity contribution is 5.75. The second kappa shape index (κ2) is 6.75. The Kier molecular flexibility index (Phi) is 5.60. The number of amides is 2. The third kappa shape index (κ3) is 5.92. The number of hydrogen-bond acceptors (Lipinski definition) is 3. The second-order valence-corrected chi connectivity index (χ2v) is 5.69. The van der Waals surface area contributed by atoms with E-state index in [-0.39, 0.29) is 18.6 Å². The number of carboxylic acids is 1. The van der Waals surface area contributed by atoms with E-state index >= 15 is 0 Å². The standard InChI is InChI=1S/C13H24N2O4/c1-10-9-15(7-4-8-19-10)12(18)14-13(2,3)6-5-11(16)17/h10H,4-9H2,1-3H3,(H,14,18)(H,16,17). The predicted octanol–water partition coefficient (Wildman–Crippen LogP) is 1.45. The number of hydrogen-bond donors (Lipinski definition) is 2. The van der Waals surface area contributed by atoms with E-state index in [2.05, 4.69) is 5.32 Å². The SMILES string of the molecule is CC1CN(C(=O)NC(C)(C)CCC(=O)O)CCCO1. The number of carbonyl (C=O) groups excluding carboxylic acids is 1. The van der Waals surface area contributed by atoms with Gasteiger partial charge in [-0.3, -0.25) is 4.79 Å². The smallest absolute Gasteiger partial charge is 0.317 e. The minimum atomic E-state index is -0.848. The molecule has 1 saturated heterocycles. The Morgan fingerprint density at radius 2 is 2.16 bits per heavy atom. The predicted molar refractivity (Wildman–Crippen MR) is 71.1 cm³/mol. The van der Waals surface area contributed by atoms with Gasteiger partial charge in [0, 0.05) is 31.7 Å². The lowest BCUT2D eigenvalue weighted by atomic mass is 9.99. The highest BCUT2D eigenvalue weighted by Crippen LogP contribution is 2.13. The Balaban J connectivity index is 2.49. The van der Waals surface area contributed by atoms with E-state index in [0.29, 0.717) is 26.1 Å². The minimum absolute atomic E-state index is 0.0374. The molecule has 110 valence electrons. The van der Waals surface area contributed by atoms with Crippen LogP contribution in [0.15, 0.2) is 0 Å². The summed E-state index contributed by atoms with van der Waals surface area (Å²) in [4.78, 5) is 24.5. The van der Waals surface area contributed by atoms with Crippen molar-refractivity contribution in [3.05, 3.63) is 0 Å². The molecule has 0 aromatic heterocycles. The largest absolute Gasteiger partial charge is 0.481 e. The van der Waals surface area contributed by atoms with E-state index in [1.807, 2.05) is 20.8 Å². The molecule has 6 nitrogen and oxygen atoms in total. The van der Waals surface area contributed by atoms with E-state index in [0.717, 1.165) is 6.42 Å². The molecule has 2 N–H and O–H groups in total. The van der Waals surface area contributed by atoms with Crippen LogP contribution in [-0.4, -0.2) is 53.3 Å². The molecule has 1 atom stereocenters. The number of nitrogens with one attached hydrogen (secondary N) is 1. The zero-order valence-corrected chi connectivity index (χ0v) is 11.9. The second-order valence-electron chi connectivity index (χ2n) is 5.69. The van der Waals surface area contributed by atoms with Crippen LogP contribution in [0.2, 0.25) is 0 Å². The van der Waals surface area contributed by atoms with E-state index in [1.165, 1.54) is 0 Å². The first kappa shape index (κ1) is 15.8. The van der Waals surface area contributed by atoms with Gasteiger partial charge < -0.3 is 20.1 Å². The molecule has 1 unspecified atom stereocenters. The van der Waals surface area contributed by atoms with E-state index in [4.69, 9.17) is 9.84 Å². The van der Waals surface area contributed by atoms with Crippen molar-refractivity contribution in [2.24, 2.45) is 0 Å². The van der Waals surface area contributed by atoms with Gasteiger partial charge >= 0.3 is 12.0 Å². The lowest BCUT2D eigenvalue weighted by Gasteiger charge is -2.30. The highest BCUT2D eigenvalue weighted by Gasteiger charge is 2.26. The van der Waals surface area contributed by atoms with Gasteiger partial charge in [-0.1, -0.05) is 0 Å². The molecule has 2 amide bonds. The molecule has 1 aliphatic rings. The molecule has 6 heteroatoms. The van der Waals surface area contributed by atoms with Crippen molar-refractivity contribution in [1.29, 1.82) is 0 Å². The van der Waals surface area contributed by atoms with Crippen LogP contribution in [0.1, 0.15) is 40.0 Å². The maximum atomic E-state index is 12.2. The summed E-state index contributed by atoms with van der Waals surface area (Å²) in [5.74, 6) is -0.848. The van der Waals surface area contributed by atoms with Gasteiger partial charge in [-0.25, -0.2) is 4.79 Å². The van der Waals surface area contributed by atoms with Gasteiger partial charge in [-0.15, -0.1) is 0 Å². The minimum Gasteiger partial charge on any atom is -0.481 e. The monoisotopic (exact) mass is 272 g/mol. The van der Waals surface area contributed by atoms with Gasteiger partial charge in [0.15, 0.2) is 0 Å². The normalized spacial score (nSPS) is 20.8. The van der Waals surface area contributed by atoms with Crippen LogP contribution in [0.5, 0.6) is 0 Å². The van der Waals surface area contributed by atoms with E-state index < -0.39 is 11.5 Å². The van der Waals surface area contributed by atoms with Gasteiger partial charge in [-0.05, 0) is 33.6 Å². The molecule has 1 aliphatic heterocycles. The van der Waals surface area contributed by atoms with Crippen LogP contribution in [0, 0.1) is 0 Å². The Morgan fingerprint density at radius 3 is 2.79 bits per heavy atom. The molecule has 0 spiro atoms. The van der Waals surface area contributed by atoms with Crippen molar-refractivity contribution < 1.29 is 19.4 Å². The lowest BCUT2D eigenvalue weighted by Crippen LogP contribution is -2.51. The number of aliphatic carboxylic acids is 1. The van der Waals surface area contributed by atoms with Crippen molar-refractivity contribution >= 4 is 12.0 Å². The molecule has 1 fully saturated rings. The van der Waals surface area contributed by atoms with Crippen molar-refractivity contribution in [3.8, 4) is 0 Å². The zero-order valence-electron chi connectivity index (χ0n) is 11.9. The average Bonchev–Trinajstić information content (AvgIpc) is 2.51. The van der Waals surface area contributed by atoms with E-state index in [9.17, 15) is 9.59 Å². The summed E-state index contributed by atoms with van der Waals surface area (Å²) in [6, 6.07) is -0.146. The molecule has 0 bridgehead atoms. The van der Waals surface area contributed by atoms with Gasteiger partial charge in [0.25, 0.3) is 0 Å². The third-order valence-corrected chi connectivity index (χ3v) is 3.15. The Labute approximate surface area is 114 Å². The van der Waals surface area contributed by atoms with Crippen LogP contribution in [0.25, 0.3) is 0 Å². The highest BCUT2D eigenvalue weighted by atomic mass is 16.5. The summed E-state index contributed by atoms with van der Waals surface area (Å²) < 4.78 is 5.49. The Hall–Kier alpha value is -1.30. The fourth-order valence-corrected chi connectivity index (χ4v) is 2.03. The number of urea groups is 1. The first-order chi connectivity index (χ1) is 8.80. The molecular formula is C13H24N2O4. The molecule has 1 rings (SSSR count). The number of ether oxygens (including phenoxy) is 1. The Bertz CT molecular complexity index is 331. The Morgan fingerprint density at radius 1 is 1.47 bits per heavy atom. The number of rotatable bonds is 4. The number of nitrogens with zero attached hydrogens (tertiary/aromatic N) is 1. The topological polar surface area (TPSA) is 78.9 Å². The molecular weight excluding hydrogens is 248 g/mol.